The quantitative estimate of drug-likeness (QED) is 0.885. The highest BCUT2D eigenvalue weighted by atomic mass is 35.5. The second-order valence-electron chi connectivity index (χ2n) is 4.81. The summed E-state index contributed by atoms with van der Waals surface area (Å²) < 4.78 is 10.5. The summed E-state index contributed by atoms with van der Waals surface area (Å²) in [5.41, 5.74) is 0.949. The van der Waals surface area contributed by atoms with Crippen LogP contribution in [0, 0.1) is 0 Å². The molecule has 0 saturated heterocycles. The number of hydrogen-bond donors (Lipinski definition) is 1. The fourth-order valence-corrected chi connectivity index (χ4v) is 2.16. The second kappa shape index (κ2) is 7.71. The average molecular weight is 320 g/mol. The molecular formula is C17H18ClNO3. The van der Waals surface area contributed by atoms with Crippen LogP contribution in [0.1, 0.15) is 18.5 Å². The number of methoxy groups -OCH3 is 1. The third-order valence-corrected chi connectivity index (χ3v) is 3.39. The van der Waals surface area contributed by atoms with Crippen LogP contribution in [0.15, 0.2) is 48.5 Å². The molecule has 0 unspecified atom stereocenters. The van der Waals surface area contributed by atoms with Crippen molar-refractivity contribution in [1.29, 1.82) is 0 Å². The highest BCUT2D eigenvalue weighted by Gasteiger charge is 2.10. The van der Waals surface area contributed by atoms with Gasteiger partial charge in [-0.1, -0.05) is 23.7 Å². The Morgan fingerprint density at radius 3 is 2.50 bits per heavy atom. The lowest BCUT2D eigenvalue weighted by Gasteiger charge is -2.15. The molecule has 0 aromatic heterocycles. The molecule has 1 amide bonds. The summed E-state index contributed by atoms with van der Waals surface area (Å²) in [6.45, 7) is 1.86. The van der Waals surface area contributed by atoms with Crippen LogP contribution in [0.2, 0.25) is 5.02 Å². The summed E-state index contributed by atoms with van der Waals surface area (Å²) in [6.07, 6.45) is 0. The highest BCUT2D eigenvalue weighted by Crippen LogP contribution is 2.18. The molecule has 2 aromatic carbocycles. The van der Waals surface area contributed by atoms with E-state index < -0.39 is 0 Å². The zero-order chi connectivity index (χ0) is 15.9. The van der Waals surface area contributed by atoms with Gasteiger partial charge in [-0.25, -0.2) is 0 Å². The van der Waals surface area contributed by atoms with Crippen LogP contribution < -0.4 is 14.8 Å². The van der Waals surface area contributed by atoms with Crippen molar-refractivity contribution in [2.45, 2.75) is 13.0 Å². The number of halogens is 1. The maximum atomic E-state index is 11.9. The van der Waals surface area contributed by atoms with E-state index in [2.05, 4.69) is 5.32 Å². The van der Waals surface area contributed by atoms with Crippen molar-refractivity contribution in [2.24, 2.45) is 0 Å². The van der Waals surface area contributed by atoms with Gasteiger partial charge in [0.2, 0.25) is 0 Å². The van der Waals surface area contributed by atoms with E-state index in [0.29, 0.717) is 10.8 Å². The van der Waals surface area contributed by atoms with Crippen LogP contribution in [0.25, 0.3) is 0 Å². The molecule has 0 fully saturated rings. The summed E-state index contributed by atoms with van der Waals surface area (Å²) in [6, 6.07) is 14.3. The van der Waals surface area contributed by atoms with Crippen molar-refractivity contribution in [3.63, 3.8) is 0 Å². The number of carbonyl (C=O) groups is 1. The van der Waals surface area contributed by atoms with Crippen LogP contribution in [-0.4, -0.2) is 19.6 Å². The lowest BCUT2D eigenvalue weighted by Crippen LogP contribution is -2.31. The van der Waals surface area contributed by atoms with Gasteiger partial charge in [0.05, 0.1) is 13.2 Å². The minimum Gasteiger partial charge on any atom is -0.497 e. The summed E-state index contributed by atoms with van der Waals surface area (Å²) in [7, 11) is 1.60. The Labute approximate surface area is 135 Å². The molecule has 0 aliphatic rings. The monoisotopic (exact) mass is 319 g/mol. The molecule has 0 heterocycles. The van der Waals surface area contributed by atoms with E-state index in [9.17, 15) is 4.79 Å². The average Bonchev–Trinajstić information content (AvgIpc) is 2.53. The van der Waals surface area contributed by atoms with Crippen molar-refractivity contribution in [2.75, 3.05) is 13.7 Å². The van der Waals surface area contributed by atoms with E-state index in [4.69, 9.17) is 21.1 Å². The standard InChI is InChI=1S/C17H18ClNO3/c1-12(13-4-3-5-14(18)10-13)19-17(20)11-22-16-8-6-15(21-2)7-9-16/h3-10,12H,11H2,1-2H3,(H,19,20)/t12-/m0/s1. The predicted molar refractivity (Wildman–Crippen MR) is 86.5 cm³/mol. The Morgan fingerprint density at radius 1 is 1.18 bits per heavy atom. The van der Waals surface area contributed by atoms with Crippen molar-refractivity contribution in [1.82, 2.24) is 5.32 Å². The molecule has 22 heavy (non-hydrogen) atoms. The van der Waals surface area contributed by atoms with E-state index in [0.717, 1.165) is 11.3 Å². The third-order valence-electron chi connectivity index (χ3n) is 3.16. The molecule has 0 aliphatic heterocycles. The van der Waals surface area contributed by atoms with Gasteiger partial charge in [0, 0.05) is 5.02 Å². The van der Waals surface area contributed by atoms with E-state index in [-0.39, 0.29) is 18.6 Å². The second-order valence-corrected chi connectivity index (χ2v) is 5.24. The minimum absolute atomic E-state index is 0.0444. The molecule has 0 aliphatic carbocycles. The van der Waals surface area contributed by atoms with Crippen LogP contribution >= 0.6 is 11.6 Å². The first-order valence-corrected chi connectivity index (χ1v) is 7.28. The summed E-state index contributed by atoms with van der Waals surface area (Å²) in [5.74, 6) is 1.17. The van der Waals surface area contributed by atoms with E-state index in [1.165, 1.54) is 0 Å². The first kappa shape index (κ1) is 16.2. The minimum atomic E-state index is -0.191. The number of amides is 1. The maximum Gasteiger partial charge on any atom is 0.258 e. The van der Waals surface area contributed by atoms with Gasteiger partial charge >= 0.3 is 0 Å². The van der Waals surface area contributed by atoms with E-state index >= 15 is 0 Å². The van der Waals surface area contributed by atoms with E-state index in [1.807, 2.05) is 25.1 Å². The molecule has 0 radical (unpaired) electrons. The first-order valence-electron chi connectivity index (χ1n) is 6.90. The fourth-order valence-electron chi connectivity index (χ4n) is 1.96. The Hall–Kier alpha value is -2.20. The zero-order valence-corrected chi connectivity index (χ0v) is 13.3. The molecule has 2 rings (SSSR count). The van der Waals surface area contributed by atoms with Gasteiger partial charge in [-0.05, 0) is 48.9 Å². The van der Waals surface area contributed by atoms with Gasteiger partial charge in [0.25, 0.3) is 5.91 Å². The topological polar surface area (TPSA) is 47.6 Å². The molecule has 5 heteroatoms. The third kappa shape index (κ3) is 4.67. The number of nitrogens with one attached hydrogen (secondary N) is 1. The van der Waals surface area contributed by atoms with Gasteiger partial charge in [-0.2, -0.15) is 0 Å². The highest BCUT2D eigenvalue weighted by molar-refractivity contribution is 6.30. The van der Waals surface area contributed by atoms with Crippen LogP contribution in [0.5, 0.6) is 11.5 Å². The molecule has 0 saturated carbocycles. The normalized spacial score (nSPS) is 11.6. The number of carbonyl (C=O) groups excluding carboxylic acids is 1. The summed E-state index contributed by atoms with van der Waals surface area (Å²) >= 11 is 5.94. The molecule has 1 N–H and O–H groups in total. The van der Waals surface area contributed by atoms with Crippen LogP contribution in [0.4, 0.5) is 0 Å². The summed E-state index contributed by atoms with van der Waals surface area (Å²) in [5, 5.41) is 3.52. The van der Waals surface area contributed by atoms with Gasteiger partial charge in [0.1, 0.15) is 11.5 Å². The lowest BCUT2D eigenvalue weighted by atomic mass is 10.1. The SMILES string of the molecule is COc1ccc(OCC(=O)N[C@@H](C)c2cccc(Cl)c2)cc1. The van der Waals surface area contributed by atoms with E-state index in [1.54, 1.807) is 37.4 Å². The largest absolute Gasteiger partial charge is 0.497 e. The maximum absolute atomic E-state index is 11.9. The van der Waals surface area contributed by atoms with Gasteiger partial charge in [-0.3, -0.25) is 4.79 Å². The predicted octanol–water partition coefficient (Wildman–Crippen LogP) is 3.60. The molecule has 0 spiro atoms. The van der Waals surface area contributed by atoms with Crippen molar-refractivity contribution < 1.29 is 14.3 Å². The fraction of sp³-hybridized carbons (Fsp3) is 0.235. The molecule has 4 nitrogen and oxygen atoms in total. The number of rotatable bonds is 6. The Morgan fingerprint density at radius 2 is 1.86 bits per heavy atom. The number of hydrogen-bond acceptors (Lipinski definition) is 3. The van der Waals surface area contributed by atoms with Gasteiger partial charge < -0.3 is 14.8 Å². The molecule has 116 valence electrons. The number of ether oxygens (including phenoxy) is 2. The Bertz CT molecular complexity index is 628. The molecule has 2 aromatic rings. The molecule has 1 atom stereocenters. The van der Waals surface area contributed by atoms with Crippen molar-refractivity contribution in [3.05, 3.63) is 59.1 Å². The van der Waals surface area contributed by atoms with Gasteiger partial charge in [-0.15, -0.1) is 0 Å². The van der Waals surface area contributed by atoms with Crippen molar-refractivity contribution >= 4 is 17.5 Å². The summed E-state index contributed by atoms with van der Waals surface area (Å²) in [4.78, 5) is 11.9. The Balaban J connectivity index is 1.84. The number of benzene rings is 2. The van der Waals surface area contributed by atoms with Gasteiger partial charge in [0.15, 0.2) is 6.61 Å². The van der Waals surface area contributed by atoms with Crippen LogP contribution in [-0.2, 0) is 4.79 Å². The smallest absolute Gasteiger partial charge is 0.258 e. The zero-order valence-electron chi connectivity index (χ0n) is 12.5. The molecular weight excluding hydrogens is 302 g/mol. The molecule has 0 bridgehead atoms. The lowest BCUT2D eigenvalue weighted by molar-refractivity contribution is -0.123. The van der Waals surface area contributed by atoms with Crippen molar-refractivity contribution in [3.8, 4) is 11.5 Å². The Kier molecular flexibility index (Phi) is 5.67. The first-order chi connectivity index (χ1) is 10.6. The van der Waals surface area contributed by atoms with Crippen LogP contribution in [0.3, 0.4) is 0 Å².